The van der Waals surface area contributed by atoms with Gasteiger partial charge in [-0.2, -0.15) is 0 Å². The maximum Gasteiger partial charge on any atom is 0.410 e. The van der Waals surface area contributed by atoms with Crippen molar-refractivity contribution in [3.63, 3.8) is 0 Å². The van der Waals surface area contributed by atoms with E-state index in [9.17, 15) is 14.7 Å². The molecule has 0 unspecified atom stereocenters. The Morgan fingerprint density at radius 2 is 2.00 bits per heavy atom. The van der Waals surface area contributed by atoms with Crippen molar-refractivity contribution in [2.24, 2.45) is 0 Å². The summed E-state index contributed by atoms with van der Waals surface area (Å²) in [6.45, 7) is 1.96. The number of fused-ring (bicyclic) bond motifs is 1. The molecule has 12 heteroatoms. The molecule has 10 nitrogen and oxygen atoms in total. The number of nitrogens with zero attached hydrogens (tertiary/aromatic N) is 5. The maximum atomic E-state index is 12.6. The minimum absolute atomic E-state index is 0.134. The first-order valence-corrected chi connectivity index (χ1v) is 11.5. The van der Waals surface area contributed by atoms with Gasteiger partial charge in [-0.15, -0.1) is 0 Å². The van der Waals surface area contributed by atoms with Gasteiger partial charge in [0.1, 0.15) is 18.0 Å². The number of carbonyl (C=O) groups excluding carboxylic acids is 1. The number of hydrogen-bond donors (Lipinski definition) is 1. The van der Waals surface area contributed by atoms with E-state index < -0.39 is 24.2 Å². The van der Waals surface area contributed by atoms with Gasteiger partial charge in [-0.05, 0) is 12.1 Å². The molecular formula is C22H21Cl2N5O5. The van der Waals surface area contributed by atoms with Crippen LogP contribution < -0.4 is 4.90 Å². The quantitative estimate of drug-likeness (QED) is 0.575. The number of carboxylic acid groups (broad SMARTS) is 1. The van der Waals surface area contributed by atoms with Crippen molar-refractivity contribution in [3.8, 4) is 5.69 Å². The van der Waals surface area contributed by atoms with E-state index in [0.717, 1.165) is 5.39 Å². The standard InChI is InChI=1S/C22H21Cl2N5O5/c23-15-2-1-14-16(28-4-3-25-12-28)10-18(26-20(14)19(15)24)29-11-13(9-17(29)21(30)31)34-22(32)27-5-7-33-8-6-27/h1-4,10,12-13,17H,5-9,11H2,(H,30,31)/t13-,17+/m1/s1. The summed E-state index contributed by atoms with van der Waals surface area (Å²) in [6, 6.07) is 4.34. The summed E-state index contributed by atoms with van der Waals surface area (Å²) in [5.74, 6) is -0.647. The number of anilines is 1. The molecule has 4 heterocycles. The third kappa shape index (κ3) is 4.24. The van der Waals surface area contributed by atoms with Crippen molar-refractivity contribution >= 4 is 52.0 Å². The highest BCUT2D eigenvalue weighted by atomic mass is 35.5. The highest BCUT2D eigenvalue weighted by Gasteiger charge is 2.40. The third-order valence-electron chi connectivity index (χ3n) is 6.00. The van der Waals surface area contributed by atoms with Gasteiger partial charge < -0.3 is 28.9 Å². The van der Waals surface area contributed by atoms with Gasteiger partial charge in [-0.1, -0.05) is 23.2 Å². The van der Waals surface area contributed by atoms with E-state index in [2.05, 4.69) is 9.97 Å². The van der Waals surface area contributed by atoms with Crippen LogP contribution in [0, 0.1) is 0 Å². The van der Waals surface area contributed by atoms with Crippen LogP contribution in [0.5, 0.6) is 0 Å². The molecule has 0 aliphatic carbocycles. The smallest absolute Gasteiger partial charge is 0.410 e. The molecule has 0 radical (unpaired) electrons. The van der Waals surface area contributed by atoms with E-state index in [1.807, 2.05) is 0 Å². The van der Waals surface area contributed by atoms with Crippen LogP contribution >= 0.6 is 23.2 Å². The number of morpholine rings is 1. The number of imidazole rings is 1. The lowest BCUT2D eigenvalue weighted by molar-refractivity contribution is -0.138. The molecule has 2 aromatic heterocycles. The molecule has 1 amide bonds. The number of benzene rings is 1. The van der Waals surface area contributed by atoms with E-state index in [-0.39, 0.29) is 18.0 Å². The van der Waals surface area contributed by atoms with Crippen LogP contribution in [0.3, 0.4) is 0 Å². The summed E-state index contributed by atoms with van der Waals surface area (Å²) in [7, 11) is 0. The summed E-state index contributed by atoms with van der Waals surface area (Å²) in [4.78, 5) is 36.6. The summed E-state index contributed by atoms with van der Waals surface area (Å²) in [6.07, 6.45) is 4.09. The Hall–Kier alpha value is -3.08. The lowest BCUT2D eigenvalue weighted by Gasteiger charge is -2.27. The van der Waals surface area contributed by atoms with Gasteiger partial charge in [-0.3, -0.25) is 0 Å². The molecule has 2 saturated heterocycles. The number of ether oxygens (including phenoxy) is 2. The van der Waals surface area contributed by atoms with Crippen molar-refractivity contribution in [1.29, 1.82) is 0 Å². The number of aromatic nitrogens is 3. The first kappa shape index (κ1) is 22.7. The van der Waals surface area contributed by atoms with Gasteiger partial charge in [0.25, 0.3) is 0 Å². The van der Waals surface area contributed by atoms with Crippen LogP contribution in [0.15, 0.2) is 36.9 Å². The topological polar surface area (TPSA) is 110 Å². The predicted octanol–water partition coefficient (Wildman–Crippen LogP) is 3.23. The van der Waals surface area contributed by atoms with Gasteiger partial charge >= 0.3 is 12.1 Å². The number of pyridine rings is 1. The Morgan fingerprint density at radius 3 is 2.71 bits per heavy atom. The predicted molar refractivity (Wildman–Crippen MR) is 125 cm³/mol. The number of hydrogen-bond acceptors (Lipinski definition) is 7. The Morgan fingerprint density at radius 1 is 1.21 bits per heavy atom. The molecule has 178 valence electrons. The second kappa shape index (κ2) is 9.28. The number of aliphatic carboxylic acids is 1. The Labute approximate surface area is 204 Å². The summed E-state index contributed by atoms with van der Waals surface area (Å²) in [5, 5.41) is 11.2. The monoisotopic (exact) mass is 505 g/mol. The number of halogens is 2. The molecule has 0 bridgehead atoms. The highest BCUT2D eigenvalue weighted by Crippen LogP contribution is 2.36. The van der Waals surface area contributed by atoms with E-state index in [1.165, 1.54) is 0 Å². The third-order valence-corrected chi connectivity index (χ3v) is 6.79. The zero-order valence-corrected chi connectivity index (χ0v) is 19.4. The maximum absolute atomic E-state index is 12.6. The number of amides is 1. The molecule has 34 heavy (non-hydrogen) atoms. The zero-order chi connectivity index (χ0) is 23.8. The largest absolute Gasteiger partial charge is 0.480 e. The molecule has 0 saturated carbocycles. The molecular weight excluding hydrogens is 485 g/mol. The molecule has 2 atom stereocenters. The fourth-order valence-electron chi connectivity index (χ4n) is 4.30. The fourth-order valence-corrected chi connectivity index (χ4v) is 4.66. The van der Waals surface area contributed by atoms with Crippen LogP contribution in [0.4, 0.5) is 10.6 Å². The van der Waals surface area contributed by atoms with E-state index in [1.54, 1.807) is 51.3 Å². The van der Waals surface area contributed by atoms with Crippen molar-refractivity contribution in [1.82, 2.24) is 19.4 Å². The molecule has 1 N–H and O–H groups in total. The zero-order valence-electron chi connectivity index (χ0n) is 17.9. The fraction of sp³-hybridized carbons (Fsp3) is 0.364. The average molecular weight is 506 g/mol. The average Bonchev–Trinajstić information content (AvgIpc) is 3.52. The molecule has 3 aromatic rings. The number of carboxylic acids is 1. The van der Waals surface area contributed by atoms with Crippen LogP contribution in [0.2, 0.25) is 10.0 Å². The highest BCUT2D eigenvalue weighted by molar-refractivity contribution is 6.45. The Balaban J connectivity index is 1.50. The first-order valence-electron chi connectivity index (χ1n) is 10.7. The Kier molecular flexibility index (Phi) is 6.20. The normalized spacial score (nSPS) is 20.6. The van der Waals surface area contributed by atoms with Gasteiger partial charge in [-0.25, -0.2) is 19.6 Å². The molecule has 2 aliphatic heterocycles. The summed E-state index contributed by atoms with van der Waals surface area (Å²) in [5.41, 5.74) is 1.15. The van der Waals surface area contributed by atoms with Crippen molar-refractivity contribution in [3.05, 3.63) is 47.0 Å². The van der Waals surface area contributed by atoms with Crippen molar-refractivity contribution < 1.29 is 24.2 Å². The molecule has 2 fully saturated rings. The van der Waals surface area contributed by atoms with Crippen LogP contribution in [-0.4, -0.2) is 81.6 Å². The van der Waals surface area contributed by atoms with Gasteiger partial charge in [0, 0.05) is 43.4 Å². The Bertz CT molecular complexity index is 1230. The molecule has 0 spiro atoms. The lowest BCUT2D eigenvalue weighted by Crippen LogP contribution is -2.42. The minimum Gasteiger partial charge on any atom is -0.480 e. The van der Waals surface area contributed by atoms with E-state index in [0.29, 0.717) is 48.3 Å². The van der Waals surface area contributed by atoms with Crippen LogP contribution in [-0.2, 0) is 14.3 Å². The second-order valence-corrected chi connectivity index (χ2v) is 8.86. The second-order valence-electron chi connectivity index (χ2n) is 8.07. The van der Waals surface area contributed by atoms with Crippen LogP contribution in [0.1, 0.15) is 6.42 Å². The van der Waals surface area contributed by atoms with E-state index in [4.69, 9.17) is 32.7 Å². The molecule has 1 aromatic carbocycles. The molecule has 5 rings (SSSR count). The van der Waals surface area contributed by atoms with Gasteiger partial charge in [0.05, 0.1) is 47.3 Å². The van der Waals surface area contributed by atoms with E-state index >= 15 is 0 Å². The molecule has 2 aliphatic rings. The van der Waals surface area contributed by atoms with Crippen molar-refractivity contribution in [2.75, 3.05) is 37.7 Å². The van der Waals surface area contributed by atoms with Crippen molar-refractivity contribution in [2.45, 2.75) is 18.6 Å². The summed E-state index contributed by atoms with van der Waals surface area (Å²) < 4.78 is 12.7. The minimum atomic E-state index is -1.03. The van der Waals surface area contributed by atoms with Gasteiger partial charge in [0.2, 0.25) is 0 Å². The number of carbonyl (C=O) groups is 2. The summed E-state index contributed by atoms with van der Waals surface area (Å²) >= 11 is 12.7. The SMILES string of the molecule is O=C(O)[C@@H]1C[C@@H](OC(=O)N2CCOCC2)CN1c1cc(-n2ccnc2)c2ccc(Cl)c(Cl)c2n1. The van der Waals surface area contributed by atoms with Crippen LogP contribution in [0.25, 0.3) is 16.6 Å². The van der Waals surface area contributed by atoms with Gasteiger partial charge in [0.15, 0.2) is 0 Å². The number of rotatable bonds is 4. The first-order chi connectivity index (χ1) is 16.4. The lowest BCUT2D eigenvalue weighted by atomic mass is 10.1.